The first kappa shape index (κ1) is 55.7. The van der Waals surface area contributed by atoms with Crippen LogP contribution in [0, 0.1) is 35.5 Å². The number of carbonyl (C=O) groups is 5. The molecule has 17 nitrogen and oxygen atoms in total. The van der Waals surface area contributed by atoms with Crippen molar-refractivity contribution >= 4 is 29.2 Å². The molecule has 2 saturated heterocycles. The minimum Gasteiger partial charge on any atom is -0.460 e. The summed E-state index contributed by atoms with van der Waals surface area (Å²) in [6.45, 7) is 12.8. The topological polar surface area (TPSA) is 219 Å². The third-order valence-electron chi connectivity index (χ3n) is 15.2. The Kier molecular flexibility index (Phi) is 20.8. The molecule has 5 rings (SSSR count). The van der Waals surface area contributed by atoms with Gasteiger partial charge < -0.3 is 38.8 Å². The smallest absolute Gasteiger partial charge is 0.329 e. The number of allylic oxidation sites excluding steroid dienone is 6. The number of aliphatic hydroxyl groups is 2. The fourth-order valence-corrected chi connectivity index (χ4v) is 10.8. The van der Waals surface area contributed by atoms with Crippen LogP contribution in [0.2, 0.25) is 0 Å². The highest BCUT2D eigenvalue weighted by Gasteiger charge is 2.53. The average Bonchev–Trinajstić information content (AvgIpc) is 3.88. The second-order valence-corrected chi connectivity index (χ2v) is 20.4. The molecule has 0 radical (unpaired) electrons. The van der Waals surface area contributed by atoms with Gasteiger partial charge >= 0.3 is 5.97 Å². The normalized spacial score (nSPS) is 36.3. The minimum atomic E-state index is -2.43. The van der Waals surface area contributed by atoms with Crippen molar-refractivity contribution in [3.8, 4) is 0 Å². The Labute approximate surface area is 408 Å². The number of methoxy groups -OCH3 is 3. The maximum atomic E-state index is 14.5. The van der Waals surface area contributed by atoms with Crippen molar-refractivity contribution in [1.82, 2.24) is 25.1 Å². The zero-order valence-electron chi connectivity index (χ0n) is 42.5. The van der Waals surface area contributed by atoms with Gasteiger partial charge in [0.25, 0.3) is 11.7 Å². The number of tetrazole rings is 1. The van der Waals surface area contributed by atoms with E-state index in [4.69, 9.17) is 23.7 Å². The van der Waals surface area contributed by atoms with E-state index in [9.17, 15) is 34.2 Å². The van der Waals surface area contributed by atoms with E-state index in [-0.39, 0.29) is 60.9 Å². The summed E-state index contributed by atoms with van der Waals surface area (Å²) in [5, 5.41) is 35.2. The van der Waals surface area contributed by atoms with Gasteiger partial charge in [-0.3, -0.25) is 19.2 Å². The predicted octanol–water partition coefficient (Wildman–Crippen LogP) is 6.05. The number of hydrogen-bond donors (Lipinski definition) is 2. The van der Waals surface area contributed by atoms with Crippen LogP contribution >= 0.6 is 0 Å². The van der Waals surface area contributed by atoms with Crippen LogP contribution in [-0.2, 0) is 47.7 Å². The highest BCUT2D eigenvalue weighted by Crippen LogP contribution is 2.39. The number of carbonyl (C=O) groups excluding carboxylic acids is 5. The molecule has 69 heavy (non-hydrogen) atoms. The number of rotatable bonds is 7. The van der Waals surface area contributed by atoms with E-state index >= 15 is 0 Å². The standard InChI is InChI=1S/C52H79N5O12/c1-31-16-12-11-13-17-32(2)43(65-8)28-39-21-19-37(7)52(64,69-39)49(61)50(62)56-23-15-14-18-41(56)51(63)68-44(34(4)26-38-20-22-40(45(27-38)66-9)57-30-53-54-55-57)29-42(58)33(3)25-36(6)47(60)48(67-10)46(59)35(5)24-31/h11-13,16-17,25,30-31,34-41,43-45,47-48,60,64H,14-15,18-24,26-29H2,1-10H3/t31-,34-,35-,36?,37-,38?,39+,40+,41?,43+,44+,45-,47-,48+,52-/m1/s1. The third kappa shape index (κ3) is 14.2. The second kappa shape index (κ2) is 25.7. The van der Waals surface area contributed by atoms with Gasteiger partial charge in [0.15, 0.2) is 11.6 Å². The highest BCUT2D eigenvalue weighted by molar-refractivity contribution is 6.39. The van der Waals surface area contributed by atoms with E-state index in [0.717, 1.165) is 18.4 Å². The first-order chi connectivity index (χ1) is 32.8. The van der Waals surface area contributed by atoms with Gasteiger partial charge in [-0.05, 0) is 117 Å². The lowest BCUT2D eigenvalue weighted by molar-refractivity contribution is -0.265. The number of piperidine rings is 1. The number of ether oxygens (including phenoxy) is 5. The molecule has 17 heteroatoms. The Bertz CT molecular complexity index is 2020. The summed E-state index contributed by atoms with van der Waals surface area (Å²) in [6.07, 6.45) is 14.0. The molecule has 4 heterocycles. The van der Waals surface area contributed by atoms with Crippen molar-refractivity contribution in [2.75, 3.05) is 27.9 Å². The molecule has 1 amide bonds. The number of ketones is 3. The number of hydrogen-bond acceptors (Lipinski definition) is 15. The van der Waals surface area contributed by atoms with E-state index in [1.807, 2.05) is 58.1 Å². The second-order valence-electron chi connectivity index (χ2n) is 20.4. The lowest BCUT2D eigenvalue weighted by atomic mass is 9.77. The van der Waals surface area contributed by atoms with Crippen LogP contribution in [-0.4, -0.2) is 141 Å². The number of nitrogens with zero attached hydrogens (tertiary/aromatic N) is 5. The van der Waals surface area contributed by atoms with E-state index < -0.39 is 77.8 Å². The molecular formula is C52H79N5O12. The van der Waals surface area contributed by atoms with Gasteiger partial charge in [-0.15, -0.1) is 5.10 Å². The average molecular weight is 966 g/mol. The summed E-state index contributed by atoms with van der Waals surface area (Å²) >= 11 is 0. The van der Waals surface area contributed by atoms with Gasteiger partial charge in [0, 0.05) is 58.5 Å². The third-order valence-corrected chi connectivity index (χ3v) is 15.2. The molecule has 2 bridgehead atoms. The number of aromatic nitrogens is 4. The molecule has 2 N–H and O–H groups in total. The fraction of sp³-hybridized carbons (Fsp3) is 0.731. The number of amides is 1. The van der Waals surface area contributed by atoms with Crippen molar-refractivity contribution < 1.29 is 57.9 Å². The molecule has 3 aliphatic heterocycles. The van der Waals surface area contributed by atoms with Gasteiger partial charge in [0.1, 0.15) is 24.6 Å². The van der Waals surface area contributed by atoms with Crippen LogP contribution in [0.15, 0.2) is 53.9 Å². The summed E-state index contributed by atoms with van der Waals surface area (Å²) in [7, 11) is 4.63. The summed E-state index contributed by atoms with van der Waals surface area (Å²) in [5.41, 5.74) is 1.20. The first-order valence-electron chi connectivity index (χ1n) is 25.0. The summed E-state index contributed by atoms with van der Waals surface area (Å²) < 4.78 is 31.6. The van der Waals surface area contributed by atoms with Crippen molar-refractivity contribution in [3.05, 3.63) is 53.9 Å². The lowest BCUT2D eigenvalue weighted by Crippen LogP contribution is -2.61. The number of esters is 1. The molecule has 3 fully saturated rings. The van der Waals surface area contributed by atoms with Gasteiger partial charge in [0.2, 0.25) is 5.79 Å². The Morgan fingerprint density at radius 2 is 1.65 bits per heavy atom. The maximum absolute atomic E-state index is 14.5. The predicted molar refractivity (Wildman–Crippen MR) is 256 cm³/mol. The van der Waals surface area contributed by atoms with Gasteiger partial charge in [-0.2, -0.15) is 0 Å². The van der Waals surface area contributed by atoms with Crippen molar-refractivity contribution in [2.45, 2.75) is 180 Å². The molecule has 1 saturated carbocycles. The fourth-order valence-electron chi connectivity index (χ4n) is 10.8. The quantitative estimate of drug-likeness (QED) is 0.235. The number of fused-ring (bicyclic) bond motifs is 3. The van der Waals surface area contributed by atoms with Crippen LogP contribution < -0.4 is 0 Å². The van der Waals surface area contributed by atoms with Crippen LogP contribution in [0.25, 0.3) is 0 Å². The van der Waals surface area contributed by atoms with Crippen molar-refractivity contribution in [3.63, 3.8) is 0 Å². The van der Waals surface area contributed by atoms with Gasteiger partial charge in [-0.1, -0.05) is 71.1 Å². The minimum absolute atomic E-state index is 0.0197. The van der Waals surface area contributed by atoms with Crippen LogP contribution in [0.5, 0.6) is 0 Å². The Morgan fingerprint density at radius 1 is 0.899 bits per heavy atom. The largest absolute Gasteiger partial charge is 0.460 e. The van der Waals surface area contributed by atoms with Crippen LogP contribution in [0.4, 0.5) is 0 Å². The Morgan fingerprint density at radius 3 is 2.33 bits per heavy atom. The molecule has 1 aromatic rings. The highest BCUT2D eigenvalue weighted by atomic mass is 16.6. The van der Waals surface area contributed by atoms with E-state index in [0.29, 0.717) is 56.9 Å². The molecule has 0 spiro atoms. The zero-order valence-corrected chi connectivity index (χ0v) is 42.5. The SMILES string of the molecule is CO[C@H]1C[C@@H]2CC[C@@H](C)[C@@](O)(O2)C(=O)C(=O)N2CCCCC2C(=O)O[C@H]([C@H](C)CC2CC[C@H](n3cnnn3)[C@H](OC)C2)CC(=O)C(C)=CC(C)[C@@H](O)[C@@H](OC)C(=O)[C@H](C)C[C@H](C)C=CC=CC=C1C. The summed E-state index contributed by atoms with van der Waals surface area (Å²) in [6, 6.07) is -1.20. The zero-order chi connectivity index (χ0) is 50.6. The van der Waals surface area contributed by atoms with Crippen molar-refractivity contribution in [1.29, 1.82) is 0 Å². The molecule has 1 aliphatic carbocycles. The van der Waals surface area contributed by atoms with Crippen LogP contribution in [0.1, 0.15) is 132 Å². The Hall–Kier alpha value is -4.26. The summed E-state index contributed by atoms with van der Waals surface area (Å²) in [4.78, 5) is 72.3. The van der Waals surface area contributed by atoms with Gasteiger partial charge in [0.05, 0.1) is 30.5 Å². The number of aliphatic hydroxyl groups excluding tert-OH is 1. The molecular weight excluding hydrogens is 887 g/mol. The first-order valence-corrected chi connectivity index (χ1v) is 25.0. The maximum Gasteiger partial charge on any atom is 0.329 e. The summed E-state index contributed by atoms with van der Waals surface area (Å²) in [5.74, 6) is -7.89. The number of cyclic esters (lactones) is 1. The van der Waals surface area contributed by atoms with Crippen LogP contribution in [0.3, 0.4) is 0 Å². The lowest BCUT2D eigenvalue weighted by Gasteiger charge is -2.42. The molecule has 3 unspecified atom stereocenters. The Balaban J connectivity index is 1.46. The molecule has 0 aromatic carbocycles. The molecule has 4 aliphatic rings. The van der Waals surface area contributed by atoms with E-state index in [1.54, 1.807) is 52.1 Å². The molecule has 384 valence electrons. The number of Topliss-reactive ketones (excluding diaryl/α,β-unsaturated/α-hetero) is 3. The molecule has 15 atom stereocenters. The molecule has 1 aromatic heterocycles. The van der Waals surface area contributed by atoms with Gasteiger partial charge in [-0.25, -0.2) is 9.48 Å². The monoisotopic (exact) mass is 966 g/mol. The van der Waals surface area contributed by atoms with Crippen molar-refractivity contribution in [2.24, 2.45) is 35.5 Å². The van der Waals surface area contributed by atoms with E-state index in [2.05, 4.69) is 15.5 Å². The van der Waals surface area contributed by atoms with E-state index in [1.165, 1.54) is 12.0 Å².